The fourth-order valence-corrected chi connectivity index (χ4v) is 5.57. The summed E-state index contributed by atoms with van der Waals surface area (Å²) < 4.78 is 7.47. The van der Waals surface area contributed by atoms with Crippen molar-refractivity contribution in [2.24, 2.45) is 0 Å². The van der Waals surface area contributed by atoms with Gasteiger partial charge in [0, 0.05) is 47.9 Å². The molecule has 0 bridgehead atoms. The van der Waals surface area contributed by atoms with E-state index >= 15 is 0 Å². The first-order chi connectivity index (χ1) is 16.4. The summed E-state index contributed by atoms with van der Waals surface area (Å²) in [6, 6.07) is 9.45. The molecule has 0 aliphatic carbocycles. The minimum Gasteiger partial charge on any atom is -0.381 e. The van der Waals surface area contributed by atoms with Gasteiger partial charge in [-0.05, 0) is 61.2 Å². The molecule has 2 aliphatic heterocycles. The van der Waals surface area contributed by atoms with Gasteiger partial charge in [-0.25, -0.2) is 4.98 Å². The first-order valence-corrected chi connectivity index (χ1v) is 12.0. The summed E-state index contributed by atoms with van der Waals surface area (Å²) in [4.78, 5) is 36.0. The molecule has 0 spiro atoms. The van der Waals surface area contributed by atoms with E-state index < -0.39 is 0 Å². The fourth-order valence-electron chi connectivity index (χ4n) is 5.39. The van der Waals surface area contributed by atoms with Crippen molar-refractivity contribution in [1.82, 2.24) is 14.4 Å². The third-order valence-electron chi connectivity index (χ3n) is 7.18. The Balaban J connectivity index is 1.48. The van der Waals surface area contributed by atoms with Crippen LogP contribution in [0.1, 0.15) is 58.9 Å². The molecule has 8 heteroatoms. The first-order valence-electron chi connectivity index (χ1n) is 11.7. The number of anilines is 1. The topological polar surface area (TPSA) is 79.7 Å². The van der Waals surface area contributed by atoms with Crippen molar-refractivity contribution in [3.63, 3.8) is 0 Å². The van der Waals surface area contributed by atoms with Crippen LogP contribution in [0.4, 0.5) is 5.69 Å². The van der Waals surface area contributed by atoms with Crippen molar-refractivity contribution in [2.45, 2.75) is 38.5 Å². The van der Waals surface area contributed by atoms with Crippen molar-refractivity contribution in [3.8, 4) is 0 Å². The van der Waals surface area contributed by atoms with Gasteiger partial charge in [-0.3, -0.25) is 14.0 Å². The maximum absolute atomic E-state index is 13.7. The normalized spacial score (nSPS) is 18.7. The van der Waals surface area contributed by atoms with Crippen LogP contribution in [0.5, 0.6) is 0 Å². The molecule has 7 nitrogen and oxygen atoms in total. The number of aromatic nitrogens is 3. The monoisotopic (exact) mass is 476 g/mol. The van der Waals surface area contributed by atoms with E-state index in [1.165, 1.54) is 0 Å². The SMILES string of the molecule is Cc1cc2c(cc1C(=O)N1CC(C)c3cc(Cl)ccc31)[nH]c(=O)c1cnc(C3CCOCC3)n12. The van der Waals surface area contributed by atoms with Gasteiger partial charge in [0.25, 0.3) is 11.5 Å². The van der Waals surface area contributed by atoms with Crippen molar-refractivity contribution in [3.05, 3.63) is 74.4 Å². The fraction of sp³-hybridized carbons (Fsp3) is 0.346. The lowest BCUT2D eigenvalue weighted by Gasteiger charge is -2.22. The van der Waals surface area contributed by atoms with E-state index in [-0.39, 0.29) is 23.3 Å². The molecule has 2 aliphatic rings. The number of aromatic amines is 1. The van der Waals surface area contributed by atoms with E-state index in [0.717, 1.165) is 41.0 Å². The van der Waals surface area contributed by atoms with Crippen molar-refractivity contribution in [1.29, 1.82) is 0 Å². The summed E-state index contributed by atoms with van der Waals surface area (Å²) in [5.74, 6) is 1.23. The Hall–Kier alpha value is -3.16. The van der Waals surface area contributed by atoms with Crippen molar-refractivity contribution < 1.29 is 9.53 Å². The third-order valence-corrected chi connectivity index (χ3v) is 7.42. The lowest BCUT2D eigenvalue weighted by atomic mass is 9.99. The number of amides is 1. The van der Waals surface area contributed by atoms with Crippen LogP contribution in [0.2, 0.25) is 5.02 Å². The van der Waals surface area contributed by atoms with Crippen LogP contribution in [-0.2, 0) is 4.74 Å². The summed E-state index contributed by atoms with van der Waals surface area (Å²) in [6.07, 6.45) is 3.39. The molecule has 1 fully saturated rings. The molecule has 2 aromatic carbocycles. The van der Waals surface area contributed by atoms with Gasteiger partial charge in [0.05, 0.1) is 17.2 Å². The number of H-pyrrole nitrogens is 1. The molecule has 1 amide bonds. The minimum atomic E-state index is -0.213. The molecule has 1 atom stereocenters. The molecule has 4 aromatic rings. The lowest BCUT2D eigenvalue weighted by molar-refractivity contribution is 0.0835. The number of nitrogens with one attached hydrogen (secondary N) is 1. The Morgan fingerprint density at radius 3 is 2.76 bits per heavy atom. The number of ether oxygens (including phenoxy) is 1. The van der Waals surface area contributed by atoms with Crippen LogP contribution in [-0.4, -0.2) is 40.0 Å². The standard InChI is InChI=1S/C26H25ClN4O3/c1-14-9-22-20(29-25(32)23-12-28-24(31(22)23)16-5-7-34-8-6-16)11-19(14)26(33)30-13-15(2)18-10-17(27)3-4-21(18)30/h3-4,9-12,15-16H,5-8,13H2,1-2H3,(H,29,32). The number of halogens is 1. The highest BCUT2D eigenvalue weighted by atomic mass is 35.5. The number of aryl methyl sites for hydroxylation is 1. The highest BCUT2D eigenvalue weighted by Crippen LogP contribution is 2.39. The van der Waals surface area contributed by atoms with Gasteiger partial charge < -0.3 is 14.6 Å². The zero-order valence-electron chi connectivity index (χ0n) is 19.1. The summed E-state index contributed by atoms with van der Waals surface area (Å²) in [5, 5.41) is 0.670. The summed E-state index contributed by atoms with van der Waals surface area (Å²) in [6.45, 7) is 6.02. The molecule has 2 aromatic heterocycles. The van der Waals surface area contributed by atoms with E-state index in [1.807, 2.05) is 40.5 Å². The molecule has 0 radical (unpaired) electrons. The highest BCUT2D eigenvalue weighted by molar-refractivity contribution is 6.30. The number of hydrogen-bond acceptors (Lipinski definition) is 4. The van der Waals surface area contributed by atoms with Gasteiger partial charge in [-0.2, -0.15) is 0 Å². The first kappa shape index (κ1) is 21.4. The number of imidazole rings is 1. The van der Waals surface area contributed by atoms with Gasteiger partial charge >= 0.3 is 0 Å². The second-order valence-corrected chi connectivity index (χ2v) is 9.82. The van der Waals surface area contributed by atoms with Crippen molar-refractivity contribution >= 4 is 39.7 Å². The van der Waals surface area contributed by atoms with Crippen LogP contribution in [0.25, 0.3) is 16.6 Å². The second-order valence-electron chi connectivity index (χ2n) is 9.38. The molecule has 1 saturated heterocycles. The van der Waals surface area contributed by atoms with Crippen LogP contribution < -0.4 is 10.5 Å². The quantitative estimate of drug-likeness (QED) is 0.451. The third kappa shape index (κ3) is 3.26. The van der Waals surface area contributed by atoms with Gasteiger partial charge in [0.15, 0.2) is 0 Å². The van der Waals surface area contributed by atoms with E-state index in [2.05, 4.69) is 16.9 Å². The Kier molecular flexibility index (Phi) is 5.00. The minimum absolute atomic E-state index is 0.0800. The number of carbonyl (C=O) groups excluding carboxylic acids is 1. The molecule has 174 valence electrons. The average molecular weight is 477 g/mol. The lowest BCUT2D eigenvalue weighted by Crippen LogP contribution is -2.30. The van der Waals surface area contributed by atoms with Gasteiger partial charge in [-0.1, -0.05) is 18.5 Å². The maximum Gasteiger partial charge on any atom is 0.274 e. The Morgan fingerprint density at radius 1 is 1.18 bits per heavy atom. The summed E-state index contributed by atoms with van der Waals surface area (Å²) in [7, 11) is 0. The second kappa shape index (κ2) is 7.96. The van der Waals surface area contributed by atoms with Crippen molar-refractivity contribution in [2.75, 3.05) is 24.7 Å². The van der Waals surface area contributed by atoms with E-state index in [4.69, 9.17) is 16.3 Å². The number of carbonyl (C=O) groups is 1. The number of nitrogens with zero attached hydrogens (tertiary/aromatic N) is 3. The average Bonchev–Trinajstić information content (AvgIpc) is 3.42. The van der Waals surface area contributed by atoms with E-state index in [9.17, 15) is 9.59 Å². The maximum atomic E-state index is 13.7. The van der Waals surface area contributed by atoms with Crippen LogP contribution in [0.3, 0.4) is 0 Å². The zero-order chi connectivity index (χ0) is 23.6. The predicted molar refractivity (Wildman–Crippen MR) is 132 cm³/mol. The molecule has 0 saturated carbocycles. The van der Waals surface area contributed by atoms with Crippen LogP contribution in [0.15, 0.2) is 41.3 Å². The van der Waals surface area contributed by atoms with Crippen LogP contribution >= 0.6 is 11.6 Å². The molecule has 6 rings (SSSR count). The number of rotatable bonds is 2. The zero-order valence-corrected chi connectivity index (χ0v) is 19.9. The van der Waals surface area contributed by atoms with Gasteiger partial charge in [-0.15, -0.1) is 0 Å². The molecular formula is C26H25ClN4O3. The molecule has 1 unspecified atom stereocenters. The Labute approximate surface area is 201 Å². The Bertz CT molecular complexity index is 1520. The predicted octanol–water partition coefficient (Wildman–Crippen LogP) is 4.80. The number of benzene rings is 2. The molecule has 34 heavy (non-hydrogen) atoms. The largest absolute Gasteiger partial charge is 0.381 e. The van der Waals surface area contributed by atoms with Gasteiger partial charge in [0.2, 0.25) is 0 Å². The van der Waals surface area contributed by atoms with E-state index in [1.54, 1.807) is 12.3 Å². The molecule has 4 heterocycles. The summed E-state index contributed by atoms with van der Waals surface area (Å²) in [5.41, 5.74) is 5.18. The highest BCUT2D eigenvalue weighted by Gasteiger charge is 2.31. The molecule has 1 N–H and O–H groups in total. The van der Waals surface area contributed by atoms with Gasteiger partial charge in [0.1, 0.15) is 11.3 Å². The van der Waals surface area contributed by atoms with Crippen LogP contribution in [0, 0.1) is 6.92 Å². The number of hydrogen-bond donors (Lipinski definition) is 1. The van der Waals surface area contributed by atoms with E-state index in [0.29, 0.717) is 41.4 Å². The number of fused-ring (bicyclic) bond motifs is 4. The Morgan fingerprint density at radius 2 is 1.97 bits per heavy atom. The smallest absolute Gasteiger partial charge is 0.274 e. The summed E-state index contributed by atoms with van der Waals surface area (Å²) >= 11 is 6.19. The molecular weight excluding hydrogens is 452 g/mol.